The number of hydrogen-bond acceptors (Lipinski definition) is 9. The summed E-state index contributed by atoms with van der Waals surface area (Å²) in [6.45, 7) is -0.758. The molecule has 0 aliphatic carbocycles. The molecule has 0 amide bonds. The van der Waals surface area contributed by atoms with Crippen molar-refractivity contribution >= 4 is 5.97 Å². The number of nitrogens with two attached hydrogens (primary N) is 1. The van der Waals surface area contributed by atoms with Gasteiger partial charge in [0.25, 0.3) is 0 Å². The Kier molecular flexibility index (Phi) is 5.32. The summed E-state index contributed by atoms with van der Waals surface area (Å²) in [6, 6.07) is 6.09. The van der Waals surface area contributed by atoms with Crippen molar-refractivity contribution in [1.29, 1.82) is 0 Å². The topological polar surface area (TPSA) is 163 Å². The van der Waals surface area contributed by atoms with E-state index in [0.29, 0.717) is 0 Å². The highest BCUT2D eigenvalue weighted by Gasteiger charge is 2.55. The van der Waals surface area contributed by atoms with Crippen LogP contribution in [-0.4, -0.2) is 68.4 Å². The van der Waals surface area contributed by atoms with Gasteiger partial charge in [0, 0.05) is 0 Å². The first-order chi connectivity index (χ1) is 10.8. The molecule has 1 aliphatic rings. The van der Waals surface area contributed by atoms with Crippen LogP contribution in [0.2, 0.25) is 0 Å². The third-order valence-corrected chi connectivity index (χ3v) is 3.61. The van der Waals surface area contributed by atoms with E-state index in [1.165, 1.54) is 12.1 Å². The molecule has 23 heavy (non-hydrogen) atoms. The molecule has 1 saturated heterocycles. The van der Waals surface area contributed by atoms with E-state index < -0.39 is 49.0 Å². The summed E-state index contributed by atoms with van der Waals surface area (Å²) in [4.78, 5) is 12.0. The van der Waals surface area contributed by atoms with Crippen LogP contribution in [0.25, 0.3) is 0 Å². The normalized spacial score (nSPS) is 35.6. The first-order valence-electron chi connectivity index (χ1n) is 6.88. The minimum atomic E-state index is -2.81. The molecular formula is C14H19NO8. The molecule has 9 heteroatoms. The molecule has 0 radical (unpaired) electrons. The predicted octanol–water partition coefficient (Wildman–Crippen LogP) is -2.65. The van der Waals surface area contributed by atoms with Gasteiger partial charge in [-0.05, 0) is 5.56 Å². The number of aliphatic hydroxyl groups excluding tert-OH is 4. The Balaban J connectivity index is 2.15. The van der Waals surface area contributed by atoms with Crippen LogP contribution in [0.1, 0.15) is 11.7 Å². The summed E-state index contributed by atoms with van der Waals surface area (Å²) in [6.07, 6.45) is -6.43. The van der Waals surface area contributed by atoms with E-state index in [1.54, 1.807) is 18.2 Å². The molecule has 1 aromatic carbocycles. The molecule has 2 rings (SSSR count). The predicted molar refractivity (Wildman–Crippen MR) is 74.4 cm³/mol. The number of aliphatic hydroxyl groups is 5. The standard InChI is InChI=1S/C14H19NO8/c15-12-11(19)10(18)8(6-16)22-14(12,21)23-13(20)9(17)7-4-2-1-3-5-7/h1-5,8-12,16-19,21H,6,15H2/t8-,9?,10-,11+,12-,14-/m1/s1. The maximum atomic E-state index is 12.0. The van der Waals surface area contributed by atoms with Gasteiger partial charge in [-0.25, -0.2) is 4.79 Å². The van der Waals surface area contributed by atoms with E-state index in [-0.39, 0.29) is 5.56 Å². The highest BCUT2D eigenvalue weighted by molar-refractivity contribution is 5.76. The average Bonchev–Trinajstić information content (AvgIpc) is 2.56. The molecule has 0 bridgehead atoms. The van der Waals surface area contributed by atoms with Gasteiger partial charge in [0.1, 0.15) is 24.4 Å². The molecule has 7 N–H and O–H groups in total. The fourth-order valence-electron chi connectivity index (χ4n) is 2.22. The van der Waals surface area contributed by atoms with Crippen molar-refractivity contribution in [3.8, 4) is 0 Å². The van der Waals surface area contributed by atoms with E-state index in [0.717, 1.165) is 0 Å². The van der Waals surface area contributed by atoms with Gasteiger partial charge in [0.05, 0.1) is 6.61 Å². The molecule has 0 saturated carbocycles. The van der Waals surface area contributed by atoms with E-state index in [2.05, 4.69) is 0 Å². The number of ether oxygens (including phenoxy) is 2. The lowest BCUT2D eigenvalue weighted by Gasteiger charge is -2.44. The number of carbonyl (C=O) groups is 1. The first-order valence-corrected chi connectivity index (χ1v) is 6.88. The number of rotatable bonds is 4. The van der Waals surface area contributed by atoms with Gasteiger partial charge in [0.15, 0.2) is 6.10 Å². The minimum absolute atomic E-state index is 0.213. The van der Waals surface area contributed by atoms with Crippen LogP contribution in [-0.2, 0) is 14.3 Å². The van der Waals surface area contributed by atoms with E-state index in [4.69, 9.17) is 20.3 Å². The highest BCUT2D eigenvalue weighted by Crippen LogP contribution is 2.29. The highest BCUT2D eigenvalue weighted by atomic mass is 16.8. The molecule has 1 aromatic rings. The zero-order valence-electron chi connectivity index (χ0n) is 12.0. The SMILES string of the molecule is N[C@@H]1[C@@H](O)[C@H](O)[C@@H](CO)O[C@@]1(O)OC(=O)C(O)c1ccccc1. The van der Waals surface area contributed by atoms with Crippen LogP contribution >= 0.6 is 0 Å². The maximum absolute atomic E-state index is 12.0. The largest absolute Gasteiger partial charge is 0.404 e. The van der Waals surface area contributed by atoms with E-state index >= 15 is 0 Å². The summed E-state index contributed by atoms with van der Waals surface area (Å²) >= 11 is 0. The summed E-state index contributed by atoms with van der Waals surface area (Å²) in [5, 5.41) is 48.6. The fourth-order valence-corrected chi connectivity index (χ4v) is 2.22. The Bertz CT molecular complexity index is 539. The Morgan fingerprint density at radius 1 is 1.30 bits per heavy atom. The van der Waals surface area contributed by atoms with Gasteiger partial charge < -0.3 is 40.7 Å². The van der Waals surface area contributed by atoms with Gasteiger partial charge in [-0.15, -0.1) is 0 Å². The molecule has 1 aliphatic heterocycles. The number of hydrogen-bond donors (Lipinski definition) is 6. The zero-order valence-corrected chi connectivity index (χ0v) is 12.0. The molecule has 9 nitrogen and oxygen atoms in total. The summed E-state index contributed by atoms with van der Waals surface area (Å²) in [5.41, 5.74) is 5.74. The number of esters is 1. The zero-order chi connectivity index (χ0) is 17.2. The van der Waals surface area contributed by atoms with Crippen molar-refractivity contribution in [2.75, 3.05) is 6.61 Å². The van der Waals surface area contributed by atoms with Crippen LogP contribution in [0.4, 0.5) is 0 Å². The Morgan fingerprint density at radius 3 is 2.48 bits per heavy atom. The Morgan fingerprint density at radius 2 is 1.91 bits per heavy atom. The smallest absolute Gasteiger partial charge is 0.346 e. The van der Waals surface area contributed by atoms with Crippen molar-refractivity contribution < 1.29 is 39.8 Å². The fraction of sp³-hybridized carbons (Fsp3) is 0.500. The second kappa shape index (κ2) is 6.89. The monoisotopic (exact) mass is 329 g/mol. The summed E-state index contributed by atoms with van der Waals surface area (Å²) in [5.74, 6) is -4.08. The molecule has 0 spiro atoms. The van der Waals surface area contributed by atoms with Gasteiger partial charge in [-0.2, -0.15) is 0 Å². The van der Waals surface area contributed by atoms with Crippen molar-refractivity contribution in [3.63, 3.8) is 0 Å². The van der Waals surface area contributed by atoms with Crippen molar-refractivity contribution in [1.82, 2.24) is 0 Å². The van der Waals surface area contributed by atoms with Crippen molar-refractivity contribution in [3.05, 3.63) is 35.9 Å². The third kappa shape index (κ3) is 3.51. The maximum Gasteiger partial charge on any atom is 0.346 e. The van der Waals surface area contributed by atoms with Gasteiger partial charge in [0.2, 0.25) is 0 Å². The molecular weight excluding hydrogens is 310 g/mol. The molecule has 1 unspecified atom stereocenters. The second-order valence-electron chi connectivity index (χ2n) is 5.21. The second-order valence-corrected chi connectivity index (χ2v) is 5.21. The van der Waals surface area contributed by atoms with Crippen molar-refractivity contribution in [2.24, 2.45) is 5.73 Å². The van der Waals surface area contributed by atoms with Crippen LogP contribution in [0.5, 0.6) is 0 Å². The molecule has 1 heterocycles. The van der Waals surface area contributed by atoms with Crippen LogP contribution in [0.3, 0.4) is 0 Å². The van der Waals surface area contributed by atoms with E-state index in [1.807, 2.05) is 0 Å². The Hall–Kier alpha value is -1.59. The minimum Gasteiger partial charge on any atom is -0.404 e. The number of benzene rings is 1. The van der Waals surface area contributed by atoms with Gasteiger partial charge in [-0.1, -0.05) is 30.3 Å². The average molecular weight is 329 g/mol. The Labute approximate surface area is 131 Å². The van der Waals surface area contributed by atoms with Gasteiger partial charge in [-0.3, -0.25) is 0 Å². The quantitative estimate of drug-likeness (QED) is 0.256. The van der Waals surface area contributed by atoms with Crippen LogP contribution in [0, 0.1) is 0 Å². The van der Waals surface area contributed by atoms with E-state index in [9.17, 15) is 25.2 Å². The van der Waals surface area contributed by atoms with Crippen molar-refractivity contribution in [2.45, 2.75) is 36.4 Å². The number of carbonyl (C=O) groups excluding carboxylic acids is 1. The molecule has 1 fully saturated rings. The lowest BCUT2D eigenvalue weighted by molar-refractivity contribution is -0.408. The molecule has 0 aromatic heterocycles. The first kappa shape index (κ1) is 17.8. The third-order valence-electron chi connectivity index (χ3n) is 3.61. The lowest BCUT2D eigenvalue weighted by Crippen LogP contribution is -2.69. The summed E-state index contributed by atoms with van der Waals surface area (Å²) in [7, 11) is 0. The lowest BCUT2D eigenvalue weighted by atomic mass is 9.96. The van der Waals surface area contributed by atoms with Crippen LogP contribution in [0.15, 0.2) is 30.3 Å². The molecule has 128 valence electrons. The summed E-state index contributed by atoms with van der Waals surface area (Å²) < 4.78 is 9.59. The van der Waals surface area contributed by atoms with Gasteiger partial charge >= 0.3 is 11.9 Å². The molecule has 6 atom stereocenters. The van der Waals surface area contributed by atoms with Crippen LogP contribution < -0.4 is 5.73 Å².